The van der Waals surface area contributed by atoms with Crippen LogP contribution in [0.25, 0.3) is 44.2 Å². The molecule has 216 valence electrons. The second-order valence-corrected chi connectivity index (χ2v) is 12.5. The lowest BCUT2D eigenvalue weighted by Gasteiger charge is -2.31. The van der Waals surface area contributed by atoms with Gasteiger partial charge < -0.3 is 9.32 Å². The zero-order valence-electron chi connectivity index (χ0n) is 25.4. The highest BCUT2D eigenvalue weighted by Crippen LogP contribution is 2.64. The van der Waals surface area contributed by atoms with E-state index >= 15 is 0 Å². The second kappa shape index (κ2) is 9.32. The summed E-state index contributed by atoms with van der Waals surface area (Å²) < 4.78 is 6.41. The van der Waals surface area contributed by atoms with Crippen molar-refractivity contribution < 1.29 is 4.42 Å². The highest BCUT2D eigenvalue weighted by atomic mass is 16.3. The number of aryl methyl sites for hydroxylation is 1. The van der Waals surface area contributed by atoms with Gasteiger partial charge >= 0.3 is 0 Å². The molecule has 8 aromatic rings. The minimum Gasteiger partial charge on any atom is -0.456 e. The summed E-state index contributed by atoms with van der Waals surface area (Å²) in [6, 6.07) is 57.7. The smallest absolute Gasteiger partial charge is 0.137 e. The van der Waals surface area contributed by atoms with Gasteiger partial charge in [0.05, 0.1) is 11.1 Å². The summed E-state index contributed by atoms with van der Waals surface area (Å²) >= 11 is 0. The van der Waals surface area contributed by atoms with E-state index in [0.29, 0.717) is 0 Å². The Kier molecular flexibility index (Phi) is 5.16. The number of fused-ring (bicyclic) bond motifs is 13. The van der Waals surface area contributed by atoms with Gasteiger partial charge in [-0.1, -0.05) is 121 Å². The molecule has 2 aliphatic rings. The molecule has 1 aromatic heterocycles. The van der Waals surface area contributed by atoms with Crippen LogP contribution in [0.5, 0.6) is 0 Å². The molecule has 7 aromatic carbocycles. The Morgan fingerprint density at radius 1 is 0.457 bits per heavy atom. The van der Waals surface area contributed by atoms with Gasteiger partial charge in [-0.2, -0.15) is 0 Å². The Hall–Kier alpha value is -5.86. The molecule has 0 saturated carbocycles. The standard InChI is InChI=1S/C44H29NO/c1-28-21-23-29(24-22-28)45(30-25-26-34-33-13-5-9-20-41(33)46-42(34)27-30)40-19-10-18-39-43(40)35-14-4-8-17-38(35)44(39)36-15-6-2-11-31(36)32-12-3-7-16-37(32)44/h2-27H,1H3. The van der Waals surface area contributed by atoms with Crippen molar-refractivity contribution >= 4 is 39.0 Å². The molecule has 1 heterocycles. The van der Waals surface area contributed by atoms with Crippen LogP contribution in [-0.4, -0.2) is 0 Å². The van der Waals surface area contributed by atoms with Crippen LogP contribution in [0.15, 0.2) is 162 Å². The molecule has 0 fully saturated rings. The van der Waals surface area contributed by atoms with Crippen molar-refractivity contribution in [1.29, 1.82) is 0 Å². The molecule has 0 saturated heterocycles. The van der Waals surface area contributed by atoms with Crippen LogP contribution >= 0.6 is 0 Å². The SMILES string of the molecule is Cc1ccc(N(c2ccc3c(c2)oc2ccccc23)c2cccc3c2-c2ccccc2C32c3ccccc3-c3ccccc32)cc1. The molecule has 1 spiro atoms. The first-order valence-corrected chi connectivity index (χ1v) is 15.9. The Morgan fingerprint density at radius 3 is 1.76 bits per heavy atom. The summed E-state index contributed by atoms with van der Waals surface area (Å²) in [6.45, 7) is 2.14. The molecule has 0 unspecified atom stereocenters. The summed E-state index contributed by atoms with van der Waals surface area (Å²) in [5, 5.41) is 2.27. The van der Waals surface area contributed by atoms with Gasteiger partial charge in [0, 0.05) is 33.8 Å². The van der Waals surface area contributed by atoms with E-state index in [1.165, 1.54) is 50.1 Å². The largest absolute Gasteiger partial charge is 0.456 e. The first-order valence-electron chi connectivity index (χ1n) is 15.9. The van der Waals surface area contributed by atoms with E-state index < -0.39 is 5.41 Å². The average Bonchev–Trinajstić information content (AvgIpc) is 3.73. The first-order chi connectivity index (χ1) is 22.7. The minimum absolute atomic E-state index is 0.392. The maximum atomic E-state index is 6.41. The molecule has 0 radical (unpaired) electrons. The Bertz CT molecular complexity index is 2450. The van der Waals surface area contributed by atoms with Crippen LogP contribution in [0.3, 0.4) is 0 Å². The third-order valence-corrected chi connectivity index (χ3v) is 10.2. The van der Waals surface area contributed by atoms with Gasteiger partial charge in [-0.3, -0.25) is 0 Å². The predicted octanol–water partition coefficient (Wildman–Crippen LogP) is 11.7. The van der Waals surface area contributed by atoms with E-state index in [1.807, 2.05) is 12.1 Å². The lowest BCUT2D eigenvalue weighted by molar-refractivity contribution is 0.669. The van der Waals surface area contributed by atoms with Crippen LogP contribution in [0.2, 0.25) is 0 Å². The number of nitrogens with zero attached hydrogens (tertiary/aromatic N) is 1. The van der Waals surface area contributed by atoms with E-state index in [4.69, 9.17) is 4.42 Å². The van der Waals surface area contributed by atoms with E-state index in [2.05, 4.69) is 157 Å². The number of furan rings is 1. The van der Waals surface area contributed by atoms with Gasteiger partial charge in [0.15, 0.2) is 0 Å². The summed E-state index contributed by atoms with van der Waals surface area (Å²) in [7, 11) is 0. The maximum absolute atomic E-state index is 6.41. The quantitative estimate of drug-likeness (QED) is 0.204. The Labute approximate surface area is 267 Å². The molecule has 0 amide bonds. The van der Waals surface area contributed by atoms with Gasteiger partial charge in [-0.25, -0.2) is 0 Å². The number of hydrogen-bond acceptors (Lipinski definition) is 2. The zero-order valence-corrected chi connectivity index (χ0v) is 25.4. The van der Waals surface area contributed by atoms with Crippen LogP contribution in [0.4, 0.5) is 17.1 Å². The van der Waals surface area contributed by atoms with Crippen LogP contribution in [0, 0.1) is 6.92 Å². The van der Waals surface area contributed by atoms with E-state index in [0.717, 1.165) is 39.0 Å². The van der Waals surface area contributed by atoms with Gasteiger partial charge in [0.25, 0.3) is 0 Å². The van der Waals surface area contributed by atoms with Crippen molar-refractivity contribution in [2.45, 2.75) is 12.3 Å². The summed E-state index contributed by atoms with van der Waals surface area (Å²) in [4.78, 5) is 2.41. The van der Waals surface area contributed by atoms with Gasteiger partial charge in [-0.15, -0.1) is 0 Å². The Morgan fingerprint density at radius 2 is 1.02 bits per heavy atom. The molecular formula is C44H29NO. The molecule has 0 bridgehead atoms. The van der Waals surface area contributed by atoms with E-state index in [1.54, 1.807) is 0 Å². The fraction of sp³-hybridized carbons (Fsp3) is 0.0455. The molecule has 2 nitrogen and oxygen atoms in total. The zero-order chi connectivity index (χ0) is 30.4. The van der Waals surface area contributed by atoms with Gasteiger partial charge in [0.1, 0.15) is 11.2 Å². The highest BCUT2D eigenvalue weighted by Gasteiger charge is 2.52. The fourth-order valence-electron chi connectivity index (χ4n) is 8.29. The van der Waals surface area contributed by atoms with Crippen molar-refractivity contribution in [1.82, 2.24) is 0 Å². The van der Waals surface area contributed by atoms with Crippen LogP contribution in [-0.2, 0) is 5.41 Å². The summed E-state index contributed by atoms with van der Waals surface area (Å²) in [6.07, 6.45) is 0. The maximum Gasteiger partial charge on any atom is 0.137 e. The van der Waals surface area contributed by atoms with Gasteiger partial charge in [-0.05, 0) is 82.3 Å². The van der Waals surface area contributed by atoms with E-state index in [-0.39, 0.29) is 0 Å². The highest BCUT2D eigenvalue weighted by molar-refractivity contribution is 6.07. The Balaban J connectivity index is 1.29. The summed E-state index contributed by atoms with van der Waals surface area (Å²) in [5.41, 5.74) is 16.5. The number of hydrogen-bond donors (Lipinski definition) is 0. The number of benzene rings is 7. The molecule has 2 aliphatic carbocycles. The molecule has 10 rings (SSSR count). The molecule has 0 N–H and O–H groups in total. The van der Waals surface area contributed by atoms with Crippen LogP contribution in [0.1, 0.15) is 27.8 Å². The second-order valence-electron chi connectivity index (χ2n) is 12.5. The molecular weight excluding hydrogens is 558 g/mol. The molecule has 0 atom stereocenters. The molecule has 0 aliphatic heterocycles. The lowest BCUT2D eigenvalue weighted by Crippen LogP contribution is -2.26. The third-order valence-electron chi connectivity index (χ3n) is 10.2. The van der Waals surface area contributed by atoms with Crippen molar-refractivity contribution in [2.24, 2.45) is 0 Å². The predicted molar refractivity (Wildman–Crippen MR) is 189 cm³/mol. The number of anilines is 3. The molecule has 46 heavy (non-hydrogen) atoms. The van der Waals surface area contributed by atoms with Crippen molar-refractivity contribution in [3.63, 3.8) is 0 Å². The lowest BCUT2D eigenvalue weighted by atomic mass is 9.70. The number of para-hydroxylation sites is 1. The van der Waals surface area contributed by atoms with Crippen molar-refractivity contribution in [2.75, 3.05) is 4.90 Å². The third kappa shape index (κ3) is 3.25. The first kappa shape index (κ1) is 25.5. The fourth-order valence-corrected chi connectivity index (χ4v) is 8.29. The summed E-state index contributed by atoms with van der Waals surface area (Å²) in [5.74, 6) is 0. The minimum atomic E-state index is -0.392. The normalized spacial score (nSPS) is 13.5. The number of rotatable bonds is 3. The topological polar surface area (TPSA) is 16.4 Å². The van der Waals surface area contributed by atoms with Crippen LogP contribution < -0.4 is 4.90 Å². The average molecular weight is 588 g/mol. The monoisotopic (exact) mass is 587 g/mol. The van der Waals surface area contributed by atoms with Crippen molar-refractivity contribution in [3.05, 3.63) is 186 Å². The van der Waals surface area contributed by atoms with E-state index in [9.17, 15) is 0 Å². The molecule has 2 heteroatoms. The van der Waals surface area contributed by atoms with Crippen molar-refractivity contribution in [3.8, 4) is 22.3 Å². The van der Waals surface area contributed by atoms with Gasteiger partial charge in [0.2, 0.25) is 0 Å².